The van der Waals surface area contributed by atoms with Crippen molar-refractivity contribution in [1.29, 1.82) is 0 Å². The zero-order chi connectivity index (χ0) is 15.5. The maximum absolute atomic E-state index is 12.4. The van der Waals surface area contributed by atoms with Gasteiger partial charge in [-0.3, -0.25) is 4.79 Å². The van der Waals surface area contributed by atoms with Gasteiger partial charge >= 0.3 is 6.18 Å². The number of carbonyl (C=O) groups is 1. The first-order chi connectivity index (χ1) is 9.86. The predicted molar refractivity (Wildman–Crippen MR) is 81.0 cm³/mol. The third-order valence-electron chi connectivity index (χ3n) is 3.67. The number of carbonyl (C=O) groups excluding carboxylic acids is 1. The zero-order valence-electron chi connectivity index (χ0n) is 11.9. The van der Waals surface area contributed by atoms with Crippen LogP contribution in [0.4, 0.5) is 13.2 Å². The van der Waals surface area contributed by atoms with Crippen LogP contribution >= 0.6 is 23.7 Å². The smallest absolute Gasteiger partial charge is 0.356 e. The van der Waals surface area contributed by atoms with Crippen LogP contribution in [0.3, 0.4) is 0 Å². The molecule has 0 bridgehead atoms. The van der Waals surface area contributed by atoms with Crippen molar-refractivity contribution in [2.75, 3.05) is 6.54 Å². The molecular formula is C13H19ClF3N3OS. The molecule has 0 aliphatic heterocycles. The Kier molecular flexibility index (Phi) is 7.08. The van der Waals surface area contributed by atoms with E-state index in [0.717, 1.165) is 36.0 Å². The SMILES string of the molecule is Cl.N[C@@H]1CCC[C@H]1CC(=O)NCCc1nc(C(F)(F)F)cs1. The minimum Gasteiger partial charge on any atom is -0.356 e. The average Bonchev–Trinajstić information content (AvgIpc) is 2.99. The summed E-state index contributed by atoms with van der Waals surface area (Å²) in [6.07, 6.45) is -0.724. The number of alkyl halides is 3. The lowest BCUT2D eigenvalue weighted by molar-refractivity contribution is -0.140. The Balaban J connectivity index is 0.00000242. The van der Waals surface area contributed by atoms with Gasteiger partial charge in [-0.1, -0.05) is 6.42 Å². The van der Waals surface area contributed by atoms with Crippen LogP contribution in [0.5, 0.6) is 0 Å². The number of aromatic nitrogens is 1. The Hall–Kier alpha value is -0.860. The minimum atomic E-state index is -4.41. The van der Waals surface area contributed by atoms with Crippen LogP contribution in [0.1, 0.15) is 36.4 Å². The highest BCUT2D eigenvalue weighted by molar-refractivity contribution is 7.09. The number of hydrogen-bond acceptors (Lipinski definition) is 4. The maximum atomic E-state index is 12.4. The summed E-state index contributed by atoms with van der Waals surface area (Å²) in [5.74, 6) is 0.131. The van der Waals surface area contributed by atoms with Crippen molar-refractivity contribution in [2.24, 2.45) is 11.7 Å². The lowest BCUT2D eigenvalue weighted by Crippen LogP contribution is -2.32. The summed E-state index contributed by atoms with van der Waals surface area (Å²) in [6.45, 7) is 0.297. The van der Waals surface area contributed by atoms with Crippen molar-refractivity contribution >= 4 is 29.7 Å². The molecule has 22 heavy (non-hydrogen) atoms. The molecule has 0 radical (unpaired) electrons. The number of nitrogens with one attached hydrogen (secondary N) is 1. The van der Waals surface area contributed by atoms with Gasteiger partial charge in [-0.25, -0.2) is 4.98 Å². The average molecular weight is 358 g/mol. The van der Waals surface area contributed by atoms with Gasteiger partial charge in [-0.2, -0.15) is 13.2 Å². The summed E-state index contributed by atoms with van der Waals surface area (Å²) < 4.78 is 37.1. The van der Waals surface area contributed by atoms with Crippen molar-refractivity contribution in [3.8, 4) is 0 Å². The van der Waals surface area contributed by atoms with E-state index < -0.39 is 11.9 Å². The van der Waals surface area contributed by atoms with Crippen LogP contribution in [0.25, 0.3) is 0 Å². The fraction of sp³-hybridized carbons (Fsp3) is 0.692. The fourth-order valence-corrected chi connectivity index (χ4v) is 3.30. The molecule has 4 nitrogen and oxygen atoms in total. The molecule has 3 N–H and O–H groups in total. The van der Waals surface area contributed by atoms with Crippen molar-refractivity contribution in [3.63, 3.8) is 0 Å². The van der Waals surface area contributed by atoms with Gasteiger partial charge in [0.25, 0.3) is 0 Å². The van der Waals surface area contributed by atoms with Crippen molar-refractivity contribution in [1.82, 2.24) is 10.3 Å². The summed E-state index contributed by atoms with van der Waals surface area (Å²) in [6, 6.07) is 0.0871. The number of thiazole rings is 1. The highest BCUT2D eigenvalue weighted by Gasteiger charge is 2.33. The van der Waals surface area contributed by atoms with Crippen LogP contribution in [0, 0.1) is 5.92 Å². The molecule has 1 aliphatic rings. The maximum Gasteiger partial charge on any atom is 0.434 e. The molecule has 2 atom stereocenters. The second-order valence-electron chi connectivity index (χ2n) is 5.28. The predicted octanol–water partition coefficient (Wildman–Crippen LogP) is 2.76. The number of amides is 1. The summed E-state index contributed by atoms with van der Waals surface area (Å²) in [5.41, 5.74) is 5.03. The van der Waals surface area contributed by atoms with Crippen molar-refractivity contribution < 1.29 is 18.0 Å². The monoisotopic (exact) mass is 357 g/mol. The van der Waals surface area contributed by atoms with Gasteiger partial charge in [0.15, 0.2) is 5.69 Å². The number of halogens is 4. The minimum absolute atomic E-state index is 0. The molecule has 0 spiro atoms. The van der Waals surface area contributed by atoms with E-state index in [1.165, 1.54) is 0 Å². The van der Waals surface area contributed by atoms with Crippen LogP contribution in [-0.2, 0) is 17.4 Å². The molecule has 2 rings (SSSR count). The largest absolute Gasteiger partial charge is 0.434 e. The number of nitrogens with two attached hydrogens (primary N) is 1. The number of nitrogens with zero attached hydrogens (tertiary/aromatic N) is 1. The van der Waals surface area contributed by atoms with Crippen LogP contribution in [0.15, 0.2) is 5.38 Å². The van der Waals surface area contributed by atoms with E-state index >= 15 is 0 Å². The summed E-state index contributed by atoms with van der Waals surface area (Å²) >= 11 is 0.959. The van der Waals surface area contributed by atoms with Gasteiger partial charge in [0.2, 0.25) is 5.91 Å². The van der Waals surface area contributed by atoms with Crippen LogP contribution in [-0.4, -0.2) is 23.5 Å². The Bertz CT molecular complexity index is 495. The molecule has 1 aromatic heterocycles. The third-order valence-corrected chi connectivity index (χ3v) is 4.58. The van der Waals surface area contributed by atoms with Gasteiger partial charge in [-0.05, 0) is 18.8 Å². The summed E-state index contributed by atoms with van der Waals surface area (Å²) in [4.78, 5) is 15.3. The molecule has 0 aromatic carbocycles. The molecule has 1 amide bonds. The second-order valence-corrected chi connectivity index (χ2v) is 6.23. The number of rotatable bonds is 5. The van der Waals surface area contributed by atoms with Crippen LogP contribution < -0.4 is 11.1 Å². The third kappa shape index (κ3) is 5.40. The zero-order valence-corrected chi connectivity index (χ0v) is 13.5. The molecule has 1 saturated carbocycles. The Morgan fingerprint density at radius 3 is 2.73 bits per heavy atom. The van der Waals surface area contributed by atoms with Gasteiger partial charge in [-0.15, -0.1) is 23.7 Å². The first-order valence-corrected chi connectivity index (χ1v) is 7.78. The molecular weight excluding hydrogens is 339 g/mol. The fourth-order valence-electron chi connectivity index (χ4n) is 2.49. The molecule has 1 aromatic rings. The van der Waals surface area contributed by atoms with E-state index in [2.05, 4.69) is 10.3 Å². The molecule has 0 saturated heterocycles. The highest BCUT2D eigenvalue weighted by atomic mass is 35.5. The van der Waals surface area contributed by atoms with Crippen molar-refractivity contribution in [3.05, 3.63) is 16.1 Å². The molecule has 1 heterocycles. The highest BCUT2D eigenvalue weighted by Crippen LogP contribution is 2.30. The molecule has 1 aliphatic carbocycles. The molecule has 9 heteroatoms. The quantitative estimate of drug-likeness (QED) is 0.851. The van der Waals surface area contributed by atoms with Gasteiger partial charge < -0.3 is 11.1 Å². The second kappa shape index (κ2) is 8.12. The van der Waals surface area contributed by atoms with E-state index in [0.29, 0.717) is 24.4 Å². The first-order valence-electron chi connectivity index (χ1n) is 6.90. The molecule has 126 valence electrons. The van der Waals surface area contributed by atoms with Gasteiger partial charge in [0.05, 0.1) is 5.01 Å². The Labute approximate surface area is 137 Å². The lowest BCUT2D eigenvalue weighted by Gasteiger charge is -2.14. The summed E-state index contributed by atoms with van der Waals surface area (Å²) in [7, 11) is 0. The normalized spacial score (nSPS) is 21.5. The van der Waals surface area contributed by atoms with E-state index in [1.54, 1.807) is 0 Å². The lowest BCUT2D eigenvalue weighted by atomic mass is 10.00. The van der Waals surface area contributed by atoms with E-state index in [-0.39, 0.29) is 30.3 Å². The topological polar surface area (TPSA) is 68.0 Å². The standard InChI is InChI=1S/C13H18F3N3OS.ClH/c14-13(15,16)10-7-21-12(19-10)4-5-18-11(20)6-8-2-1-3-9(8)17;/h7-9H,1-6,17H2,(H,18,20);1H/t8-,9+;/m0./s1. The summed E-state index contributed by atoms with van der Waals surface area (Å²) in [5, 5.41) is 4.09. The van der Waals surface area contributed by atoms with Gasteiger partial charge in [0, 0.05) is 30.8 Å². The Morgan fingerprint density at radius 1 is 1.45 bits per heavy atom. The Morgan fingerprint density at radius 2 is 2.18 bits per heavy atom. The van der Waals surface area contributed by atoms with Gasteiger partial charge in [0.1, 0.15) is 0 Å². The van der Waals surface area contributed by atoms with Crippen molar-refractivity contribution in [2.45, 2.75) is 44.3 Å². The van der Waals surface area contributed by atoms with E-state index in [9.17, 15) is 18.0 Å². The van der Waals surface area contributed by atoms with E-state index in [4.69, 9.17) is 5.73 Å². The van der Waals surface area contributed by atoms with E-state index in [1.807, 2.05) is 0 Å². The van der Waals surface area contributed by atoms with Crippen LogP contribution in [0.2, 0.25) is 0 Å². The molecule has 1 fully saturated rings. The molecule has 0 unspecified atom stereocenters. The number of hydrogen-bond donors (Lipinski definition) is 2. The first kappa shape index (κ1) is 19.2.